The van der Waals surface area contributed by atoms with Crippen molar-refractivity contribution in [1.29, 1.82) is 0 Å². The number of hydrogen-bond donors (Lipinski definition) is 2. The normalized spacial score (nSPS) is 12.7. The van der Waals surface area contributed by atoms with Gasteiger partial charge in [0.05, 0.1) is 10.9 Å². The van der Waals surface area contributed by atoms with Crippen molar-refractivity contribution >= 4 is 15.9 Å². The van der Waals surface area contributed by atoms with E-state index in [0.717, 1.165) is 6.07 Å². The average molecular weight is 322 g/mol. The van der Waals surface area contributed by atoms with Gasteiger partial charge in [-0.2, -0.15) is 0 Å². The smallest absolute Gasteiger partial charge is 0.251 e. The van der Waals surface area contributed by atoms with E-state index < -0.39 is 21.7 Å². The quantitative estimate of drug-likeness (QED) is 0.902. The summed E-state index contributed by atoms with van der Waals surface area (Å²) in [6, 6.07) is 10.9. The SMILES string of the molecule is C[C@@H](NC(=O)c1cccc(F)c1)c1ccc(S(N)(=O)=O)cc1. The molecule has 0 bridgehead atoms. The van der Waals surface area contributed by atoms with Crippen LogP contribution in [0.5, 0.6) is 0 Å². The number of rotatable bonds is 4. The van der Waals surface area contributed by atoms with Gasteiger partial charge >= 0.3 is 0 Å². The molecular weight excluding hydrogens is 307 g/mol. The van der Waals surface area contributed by atoms with Crippen molar-refractivity contribution in [2.45, 2.75) is 17.9 Å². The van der Waals surface area contributed by atoms with E-state index >= 15 is 0 Å². The number of halogens is 1. The van der Waals surface area contributed by atoms with Gasteiger partial charge in [0.2, 0.25) is 10.0 Å². The number of hydrogen-bond acceptors (Lipinski definition) is 3. The molecule has 22 heavy (non-hydrogen) atoms. The summed E-state index contributed by atoms with van der Waals surface area (Å²) in [4.78, 5) is 12.0. The zero-order valence-corrected chi connectivity index (χ0v) is 12.6. The van der Waals surface area contributed by atoms with Gasteiger partial charge in [-0.3, -0.25) is 4.79 Å². The van der Waals surface area contributed by atoms with Crippen LogP contribution in [0.4, 0.5) is 4.39 Å². The first-order valence-electron chi connectivity index (χ1n) is 6.46. The van der Waals surface area contributed by atoms with Crippen molar-refractivity contribution < 1.29 is 17.6 Å². The zero-order chi connectivity index (χ0) is 16.3. The average Bonchev–Trinajstić information content (AvgIpc) is 2.46. The summed E-state index contributed by atoms with van der Waals surface area (Å²) in [6.07, 6.45) is 0. The molecule has 2 aromatic carbocycles. The minimum Gasteiger partial charge on any atom is -0.346 e. The Balaban J connectivity index is 2.12. The molecule has 0 radical (unpaired) electrons. The van der Waals surface area contributed by atoms with Gasteiger partial charge in [0, 0.05) is 5.56 Å². The van der Waals surface area contributed by atoms with Gasteiger partial charge in [0.15, 0.2) is 0 Å². The summed E-state index contributed by atoms with van der Waals surface area (Å²) in [5.74, 6) is -0.902. The Morgan fingerprint density at radius 2 is 1.82 bits per heavy atom. The second-order valence-electron chi connectivity index (χ2n) is 4.82. The highest BCUT2D eigenvalue weighted by atomic mass is 32.2. The molecule has 2 rings (SSSR count). The van der Waals surface area contributed by atoms with Gasteiger partial charge in [-0.05, 0) is 42.8 Å². The molecule has 3 N–H and O–H groups in total. The molecule has 0 aliphatic rings. The zero-order valence-electron chi connectivity index (χ0n) is 11.8. The molecule has 0 saturated carbocycles. The van der Waals surface area contributed by atoms with E-state index in [1.807, 2.05) is 0 Å². The molecule has 1 atom stereocenters. The lowest BCUT2D eigenvalue weighted by Crippen LogP contribution is -2.26. The second-order valence-corrected chi connectivity index (χ2v) is 6.38. The Hall–Kier alpha value is -2.25. The minimum atomic E-state index is -3.75. The van der Waals surface area contributed by atoms with Gasteiger partial charge < -0.3 is 5.32 Å². The molecule has 0 unspecified atom stereocenters. The van der Waals surface area contributed by atoms with Gasteiger partial charge in [0.1, 0.15) is 5.82 Å². The van der Waals surface area contributed by atoms with Gasteiger partial charge in [-0.15, -0.1) is 0 Å². The number of primary sulfonamides is 1. The first kappa shape index (κ1) is 16.1. The molecular formula is C15H15FN2O3S. The van der Waals surface area contributed by atoms with Crippen LogP contribution in [-0.4, -0.2) is 14.3 Å². The molecule has 1 amide bonds. The summed E-state index contributed by atoms with van der Waals surface area (Å²) in [6.45, 7) is 1.74. The van der Waals surface area contributed by atoms with Crippen LogP contribution in [0.15, 0.2) is 53.4 Å². The monoisotopic (exact) mass is 322 g/mol. The molecule has 0 aliphatic carbocycles. The van der Waals surface area contributed by atoms with E-state index in [0.29, 0.717) is 5.56 Å². The van der Waals surface area contributed by atoms with E-state index in [4.69, 9.17) is 5.14 Å². The fourth-order valence-electron chi connectivity index (χ4n) is 1.94. The lowest BCUT2D eigenvalue weighted by Gasteiger charge is -2.14. The van der Waals surface area contributed by atoms with Crippen LogP contribution in [0.25, 0.3) is 0 Å². The predicted molar refractivity (Wildman–Crippen MR) is 80.1 cm³/mol. The fourth-order valence-corrected chi connectivity index (χ4v) is 2.45. The number of benzene rings is 2. The Bertz CT molecular complexity index is 789. The van der Waals surface area contributed by atoms with E-state index in [-0.39, 0.29) is 16.5 Å². The van der Waals surface area contributed by atoms with Crippen molar-refractivity contribution in [2.75, 3.05) is 0 Å². The summed E-state index contributed by atoms with van der Waals surface area (Å²) < 4.78 is 35.5. The minimum absolute atomic E-state index is 0.0000861. The van der Waals surface area contributed by atoms with Crippen molar-refractivity contribution in [3.63, 3.8) is 0 Å². The first-order valence-corrected chi connectivity index (χ1v) is 8.01. The van der Waals surface area contributed by atoms with Crippen LogP contribution in [0.1, 0.15) is 28.9 Å². The molecule has 0 aromatic heterocycles. The Morgan fingerprint density at radius 3 is 2.36 bits per heavy atom. The highest BCUT2D eigenvalue weighted by Gasteiger charge is 2.13. The van der Waals surface area contributed by atoms with Crippen molar-refractivity contribution in [3.8, 4) is 0 Å². The highest BCUT2D eigenvalue weighted by molar-refractivity contribution is 7.89. The third-order valence-electron chi connectivity index (χ3n) is 3.14. The fraction of sp³-hybridized carbons (Fsp3) is 0.133. The topological polar surface area (TPSA) is 89.3 Å². The van der Waals surface area contributed by atoms with Gasteiger partial charge in [0.25, 0.3) is 5.91 Å². The summed E-state index contributed by atoms with van der Waals surface area (Å²) in [5, 5.41) is 7.73. The molecule has 0 heterocycles. The molecule has 0 spiro atoms. The lowest BCUT2D eigenvalue weighted by molar-refractivity contribution is 0.0939. The summed E-state index contributed by atoms with van der Waals surface area (Å²) >= 11 is 0. The van der Waals surface area contributed by atoms with Gasteiger partial charge in [-0.25, -0.2) is 17.9 Å². The third-order valence-corrected chi connectivity index (χ3v) is 4.07. The first-order chi connectivity index (χ1) is 10.3. The number of carbonyl (C=O) groups is 1. The molecule has 0 saturated heterocycles. The third kappa shape index (κ3) is 3.90. The van der Waals surface area contributed by atoms with Crippen LogP contribution in [0, 0.1) is 5.82 Å². The van der Waals surface area contributed by atoms with Crippen LogP contribution < -0.4 is 10.5 Å². The van der Waals surface area contributed by atoms with Crippen LogP contribution >= 0.6 is 0 Å². The van der Waals surface area contributed by atoms with Crippen molar-refractivity contribution in [3.05, 3.63) is 65.5 Å². The summed E-state index contributed by atoms with van der Waals surface area (Å²) in [5.41, 5.74) is 0.921. The molecule has 0 aliphatic heterocycles. The maximum absolute atomic E-state index is 13.1. The van der Waals surface area contributed by atoms with Crippen LogP contribution in [0.3, 0.4) is 0 Å². The van der Waals surface area contributed by atoms with Crippen molar-refractivity contribution in [1.82, 2.24) is 5.32 Å². The molecule has 116 valence electrons. The predicted octanol–water partition coefficient (Wildman–Crippen LogP) is 1.96. The van der Waals surface area contributed by atoms with Gasteiger partial charge in [-0.1, -0.05) is 18.2 Å². The summed E-state index contributed by atoms with van der Waals surface area (Å²) in [7, 11) is -3.75. The molecule has 7 heteroatoms. The maximum atomic E-state index is 13.1. The number of nitrogens with two attached hydrogens (primary N) is 1. The van der Waals surface area contributed by atoms with Crippen LogP contribution in [0.2, 0.25) is 0 Å². The largest absolute Gasteiger partial charge is 0.346 e. The van der Waals surface area contributed by atoms with E-state index in [2.05, 4.69) is 5.32 Å². The Morgan fingerprint density at radius 1 is 1.18 bits per heavy atom. The number of carbonyl (C=O) groups excluding carboxylic acids is 1. The number of amides is 1. The molecule has 0 fully saturated rings. The highest BCUT2D eigenvalue weighted by Crippen LogP contribution is 2.16. The Kier molecular flexibility index (Phi) is 4.58. The van der Waals surface area contributed by atoms with Crippen LogP contribution in [-0.2, 0) is 10.0 Å². The van der Waals surface area contributed by atoms with E-state index in [1.165, 1.54) is 30.3 Å². The Labute approximate surface area is 128 Å². The number of sulfonamides is 1. The molecule has 5 nitrogen and oxygen atoms in total. The standard InChI is InChI=1S/C15H15FN2O3S/c1-10(11-5-7-14(8-6-11)22(17,20)21)18-15(19)12-3-2-4-13(16)9-12/h2-10H,1H3,(H,18,19)(H2,17,20,21)/t10-/m1/s1. The number of nitrogens with one attached hydrogen (secondary N) is 1. The molecule has 2 aromatic rings. The van der Waals surface area contributed by atoms with E-state index in [1.54, 1.807) is 19.1 Å². The maximum Gasteiger partial charge on any atom is 0.251 e. The van der Waals surface area contributed by atoms with E-state index in [9.17, 15) is 17.6 Å². The second kappa shape index (κ2) is 6.25. The van der Waals surface area contributed by atoms with Crippen molar-refractivity contribution in [2.24, 2.45) is 5.14 Å². The lowest BCUT2D eigenvalue weighted by atomic mass is 10.1.